The Kier molecular flexibility index (Phi) is 7.55. The number of ether oxygens (including phenoxy) is 1. The van der Waals surface area contributed by atoms with Crippen molar-refractivity contribution in [2.24, 2.45) is 0 Å². The highest BCUT2D eigenvalue weighted by Crippen LogP contribution is 2.21. The average Bonchev–Trinajstić information content (AvgIpc) is 2.75. The van der Waals surface area contributed by atoms with Crippen molar-refractivity contribution in [3.05, 3.63) is 70.8 Å². The molecule has 1 heterocycles. The lowest BCUT2D eigenvalue weighted by atomic mass is 10.0. The maximum atomic E-state index is 12.4. The Morgan fingerprint density at radius 3 is 2.41 bits per heavy atom. The normalized spacial score (nSPS) is 15.7. The highest BCUT2D eigenvalue weighted by atomic mass is 16.5. The van der Waals surface area contributed by atoms with E-state index in [1.807, 2.05) is 50.2 Å². The number of morpholine rings is 1. The van der Waals surface area contributed by atoms with Gasteiger partial charge in [-0.25, -0.2) is 0 Å². The lowest BCUT2D eigenvalue weighted by Crippen LogP contribution is -2.43. The summed E-state index contributed by atoms with van der Waals surface area (Å²) >= 11 is 0. The first-order valence-electron chi connectivity index (χ1n) is 10.3. The van der Waals surface area contributed by atoms with Crippen molar-refractivity contribution in [2.75, 3.05) is 32.8 Å². The van der Waals surface area contributed by atoms with Crippen LogP contribution in [0.1, 0.15) is 45.9 Å². The van der Waals surface area contributed by atoms with Gasteiger partial charge in [-0.05, 0) is 36.6 Å². The molecule has 0 radical (unpaired) electrons. The quantitative estimate of drug-likeness (QED) is 0.697. The van der Waals surface area contributed by atoms with E-state index in [4.69, 9.17) is 4.74 Å². The number of aryl methyl sites for hydroxylation is 2. The minimum Gasteiger partial charge on any atom is -0.379 e. The number of ketones is 1. The van der Waals surface area contributed by atoms with Crippen LogP contribution in [-0.2, 0) is 9.53 Å². The number of amides is 1. The van der Waals surface area contributed by atoms with Crippen LogP contribution < -0.4 is 5.32 Å². The van der Waals surface area contributed by atoms with Crippen LogP contribution in [0.4, 0.5) is 0 Å². The molecule has 0 aliphatic carbocycles. The molecule has 1 N–H and O–H groups in total. The summed E-state index contributed by atoms with van der Waals surface area (Å²) in [5.74, 6) is -0.0765. The Morgan fingerprint density at radius 2 is 1.72 bits per heavy atom. The summed E-state index contributed by atoms with van der Waals surface area (Å²) in [5.41, 5.74) is 4.11. The second-order valence-corrected chi connectivity index (χ2v) is 7.60. The van der Waals surface area contributed by atoms with E-state index >= 15 is 0 Å². The molecule has 0 saturated carbocycles. The topological polar surface area (TPSA) is 58.6 Å². The van der Waals surface area contributed by atoms with E-state index in [1.165, 1.54) is 5.56 Å². The summed E-state index contributed by atoms with van der Waals surface area (Å²) in [6.07, 6.45) is 0.429. The lowest BCUT2D eigenvalue weighted by Gasteiger charge is -2.35. The smallest absolute Gasteiger partial charge is 0.220 e. The fourth-order valence-electron chi connectivity index (χ4n) is 3.61. The van der Waals surface area contributed by atoms with Gasteiger partial charge in [0.1, 0.15) is 0 Å². The molecule has 1 saturated heterocycles. The summed E-state index contributed by atoms with van der Waals surface area (Å²) in [6, 6.07) is 16.0. The van der Waals surface area contributed by atoms with Gasteiger partial charge in [-0.15, -0.1) is 0 Å². The van der Waals surface area contributed by atoms with E-state index in [1.54, 1.807) is 0 Å². The zero-order chi connectivity index (χ0) is 20.6. The molecule has 1 amide bonds. The summed E-state index contributed by atoms with van der Waals surface area (Å²) in [5, 5.41) is 3.03. The van der Waals surface area contributed by atoms with Crippen molar-refractivity contribution in [3.63, 3.8) is 0 Å². The largest absolute Gasteiger partial charge is 0.379 e. The van der Waals surface area contributed by atoms with E-state index in [-0.39, 0.29) is 30.6 Å². The number of benzene rings is 2. The maximum absolute atomic E-state index is 12.4. The zero-order valence-electron chi connectivity index (χ0n) is 17.3. The number of Topliss-reactive ketones (excluding diaryl/α,β-unsaturated/α-hetero) is 1. The molecule has 1 unspecified atom stereocenters. The molecule has 0 aromatic heterocycles. The number of hydrogen-bond donors (Lipinski definition) is 1. The molecule has 1 fully saturated rings. The molecular formula is C24H30N2O3. The van der Waals surface area contributed by atoms with Crippen LogP contribution in [0.15, 0.2) is 48.5 Å². The fourth-order valence-corrected chi connectivity index (χ4v) is 3.61. The van der Waals surface area contributed by atoms with Crippen LogP contribution in [0, 0.1) is 13.8 Å². The molecule has 5 nitrogen and oxygen atoms in total. The maximum Gasteiger partial charge on any atom is 0.220 e. The molecule has 154 valence electrons. The fraction of sp³-hybridized carbons (Fsp3) is 0.417. The number of rotatable bonds is 8. The third-order valence-electron chi connectivity index (χ3n) is 5.57. The molecule has 0 bridgehead atoms. The Bertz CT molecular complexity index is 829. The van der Waals surface area contributed by atoms with Gasteiger partial charge in [0.15, 0.2) is 5.78 Å². The van der Waals surface area contributed by atoms with E-state index in [2.05, 4.69) is 22.3 Å². The molecule has 3 rings (SSSR count). The van der Waals surface area contributed by atoms with Gasteiger partial charge in [0.25, 0.3) is 0 Å². The van der Waals surface area contributed by atoms with E-state index < -0.39 is 0 Å². The van der Waals surface area contributed by atoms with Crippen LogP contribution in [-0.4, -0.2) is 49.4 Å². The highest BCUT2D eigenvalue weighted by molar-refractivity contribution is 5.98. The molecule has 1 aliphatic rings. The Morgan fingerprint density at radius 1 is 1.00 bits per heavy atom. The summed E-state index contributed by atoms with van der Waals surface area (Å²) in [4.78, 5) is 27.2. The number of nitrogens with one attached hydrogen (secondary N) is 1. The van der Waals surface area contributed by atoms with Crippen molar-refractivity contribution in [1.82, 2.24) is 10.2 Å². The Balaban J connectivity index is 1.54. The highest BCUT2D eigenvalue weighted by Gasteiger charge is 2.23. The van der Waals surface area contributed by atoms with E-state index in [0.29, 0.717) is 25.3 Å². The van der Waals surface area contributed by atoms with Crippen LogP contribution in [0.25, 0.3) is 0 Å². The summed E-state index contributed by atoms with van der Waals surface area (Å²) < 4.78 is 5.47. The van der Waals surface area contributed by atoms with Gasteiger partial charge in [-0.3, -0.25) is 14.5 Å². The van der Waals surface area contributed by atoms with Crippen molar-refractivity contribution in [3.8, 4) is 0 Å². The van der Waals surface area contributed by atoms with Crippen molar-refractivity contribution in [1.29, 1.82) is 0 Å². The van der Waals surface area contributed by atoms with Gasteiger partial charge in [0.2, 0.25) is 5.91 Å². The third kappa shape index (κ3) is 5.99. The van der Waals surface area contributed by atoms with Gasteiger partial charge in [-0.1, -0.05) is 42.5 Å². The van der Waals surface area contributed by atoms with Gasteiger partial charge in [0, 0.05) is 38.0 Å². The number of nitrogens with zero attached hydrogens (tertiary/aromatic N) is 1. The zero-order valence-corrected chi connectivity index (χ0v) is 17.3. The average molecular weight is 395 g/mol. The molecule has 2 aromatic rings. The van der Waals surface area contributed by atoms with Crippen LogP contribution in [0.2, 0.25) is 0 Å². The summed E-state index contributed by atoms with van der Waals surface area (Å²) in [6.45, 7) is 7.66. The Hall–Kier alpha value is -2.50. The first kappa shape index (κ1) is 21.2. The molecule has 1 aliphatic heterocycles. The van der Waals surface area contributed by atoms with Crippen molar-refractivity contribution in [2.45, 2.75) is 32.7 Å². The predicted molar refractivity (Wildman–Crippen MR) is 114 cm³/mol. The predicted octanol–water partition coefficient (Wildman–Crippen LogP) is 3.46. The second-order valence-electron chi connectivity index (χ2n) is 7.60. The molecule has 1 atom stereocenters. The first-order valence-corrected chi connectivity index (χ1v) is 10.3. The summed E-state index contributed by atoms with van der Waals surface area (Å²) in [7, 11) is 0. The van der Waals surface area contributed by atoms with Crippen LogP contribution >= 0.6 is 0 Å². The Labute approximate surface area is 173 Å². The molecular weight excluding hydrogens is 364 g/mol. The molecule has 0 spiro atoms. The van der Waals surface area contributed by atoms with E-state index in [9.17, 15) is 9.59 Å². The van der Waals surface area contributed by atoms with Crippen LogP contribution in [0.3, 0.4) is 0 Å². The number of hydrogen-bond acceptors (Lipinski definition) is 4. The second kappa shape index (κ2) is 10.3. The molecule has 2 aromatic carbocycles. The van der Waals surface area contributed by atoms with Crippen LogP contribution in [0.5, 0.6) is 0 Å². The third-order valence-corrected chi connectivity index (χ3v) is 5.57. The minimum atomic E-state index is -0.0867. The monoisotopic (exact) mass is 394 g/mol. The minimum absolute atomic E-state index is 0.0102. The van der Waals surface area contributed by atoms with Gasteiger partial charge in [-0.2, -0.15) is 0 Å². The van der Waals surface area contributed by atoms with Crippen molar-refractivity contribution < 1.29 is 14.3 Å². The van der Waals surface area contributed by atoms with Gasteiger partial charge < -0.3 is 10.1 Å². The van der Waals surface area contributed by atoms with Gasteiger partial charge in [0.05, 0.1) is 19.3 Å². The SMILES string of the molecule is Cc1ccc(C(=O)CCC(=O)NCC(c2ccccc2)N2CCOCC2)cc1C. The molecule has 5 heteroatoms. The first-order chi connectivity index (χ1) is 14.0. The standard InChI is InChI=1S/C24H30N2O3/c1-18-8-9-21(16-19(18)2)23(27)10-11-24(28)25-17-22(20-6-4-3-5-7-20)26-12-14-29-15-13-26/h3-9,16,22H,10-15,17H2,1-2H3,(H,25,28). The van der Waals surface area contributed by atoms with E-state index in [0.717, 1.165) is 24.2 Å². The number of carbonyl (C=O) groups excluding carboxylic acids is 2. The number of carbonyl (C=O) groups is 2. The lowest BCUT2D eigenvalue weighted by molar-refractivity contribution is -0.121. The van der Waals surface area contributed by atoms with Gasteiger partial charge >= 0.3 is 0 Å². The molecule has 29 heavy (non-hydrogen) atoms. The van der Waals surface area contributed by atoms with Crippen molar-refractivity contribution >= 4 is 11.7 Å².